The topological polar surface area (TPSA) is 87.1 Å². The van der Waals surface area contributed by atoms with Gasteiger partial charge in [0, 0.05) is 17.8 Å². The third-order valence-corrected chi connectivity index (χ3v) is 3.27. The number of rotatable bonds is 5. The van der Waals surface area contributed by atoms with E-state index in [0.29, 0.717) is 17.3 Å². The summed E-state index contributed by atoms with van der Waals surface area (Å²) < 4.78 is 26.6. The molecule has 0 atom stereocenters. The van der Waals surface area contributed by atoms with Gasteiger partial charge in [0.25, 0.3) is 0 Å². The van der Waals surface area contributed by atoms with E-state index < -0.39 is 17.6 Å². The number of nitrogens with one attached hydrogen (secondary N) is 2. The van der Waals surface area contributed by atoms with Crippen LogP contribution in [-0.4, -0.2) is 21.0 Å². The number of benzene rings is 2. The lowest BCUT2D eigenvalue weighted by molar-refractivity contribution is 0.0697. The zero-order valence-electron chi connectivity index (χ0n) is 12.7. The number of carbonyl (C=O) groups is 1. The van der Waals surface area contributed by atoms with Crippen molar-refractivity contribution in [1.82, 2.24) is 9.97 Å². The molecule has 1 heterocycles. The van der Waals surface area contributed by atoms with Crippen LogP contribution in [0.15, 0.2) is 54.9 Å². The Labute approximate surface area is 141 Å². The summed E-state index contributed by atoms with van der Waals surface area (Å²) in [5.41, 5.74) is 0.877. The van der Waals surface area contributed by atoms with Gasteiger partial charge < -0.3 is 15.7 Å². The predicted molar refractivity (Wildman–Crippen MR) is 88.4 cm³/mol. The average molecular weight is 342 g/mol. The van der Waals surface area contributed by atoms with Crippen LogP contribution in [0.2, 0.25) is 0 Å². The molecule has 3 N–H and O–H groups in total. The number of aromatic nitrogens is 2. The summed E-state index contributed by atoms with van der Waals surface area (Å²) in [5, 5.41) is 14.6. The highest BCUT2D eigenvalue weighted by Gasteiger charge is 2.07. The molecule has 3 rings (SSSR count). The number of anilines is 4. The molecule has 2 aromatic carbocycles. The molecular formula is C17H12F2N4O2. The Kier molecular flexibility index (Phi) is 4.51. The summed E-state index contributed by atoms with van der Waals surface area (Å²) in [6, 6.07) is 10.8. The number of hydrogen-bond donors (Lipinski definition) is 3. The largest absolute Gasteiger partial charge is 0.478 e. The molecule has 0 radical (unpaired) electrons. The number of carboxylic acids is 1. The monoisotopic (exact) mass is 342 g/mol. The van der Waals surface area contributed by atoms with Crippen molar-refractivity contribution in [3.63, 3.8) is 0 Å². The summed E-state index contributed by atoms with van der Waals surface area (Å²) in [7, 11) is 0. The van der Waals surface area contributed by atoms with Crippen molar-refractivity contribution in [1.29, 1.82) is 0 Å². The maximum Gasteiger partial charge on any atom is 0.335 e. The molecule has 25 heavy (non-hydrogen) atoms. The van der Waals surface area contributed by atoms with Crippen molar-refractivity contribution in [2.24, 2.45) is 0 Å². The van der Waals surface area contributed by atoms with Gasteiger partial charge in [0.1, 0.15) is 29.6 Å². The van der Waals surface area contributed by atoms with Gasteiger partial charge in [-0.25, -0.2) is 23.5 Å². The van der Waals surface area contributed by atoms with Gasteiger partial charge in [-0.15, -0.1) is 0 Å². The summed E-state index contributed by atoms with van der Waals surface area (Å²) in [6.45, 7) is 0. The van der Waals surface area contributed by atoms with E-state index in [0.717, 1.165) is 12.1 Å². The fraction of sp³-hybridized carbons (Fsp3) is 0. The smallest absolute Gasteiger partial charge is 0.335 e. The Balaban J connectivity index is 1.76. The van der Waals surface area contributed by atoms with Crippen LogP contribution in [0.25, 0.3) is 0 Å². The van der Waals surface area contributed by atoms with Crippen molar-refractivity contribution in [2.45, 2.75) is 0 Å². The zero-order chi connectivity index (χ0) is 17.8. The van der Waals surface area contributed by atoms with Crippen LogP contribution in [0.4, 0.5) is 31.8 Å². The summed E-state index contributed by atoms with van der Waals surface area (Å²) >= 11 is 0. The van der Waals surface area contributed by atoms with Gasteiger partial charge in [-0.3, -0.25) is 0 Å². The van der Waals surface area contributed by atoms with Crippen LogP contribution in [0, 0.1) is 11.6 Å². The van der Waals surface area contributed by atoms with Gasteiger partial charge in [-0.2, -0.15) is 0 Å². The van der Waals surface area contributed by atoms with E-state index in [9.17, 15) is 13.6 Å². The number of carboxylic acid groups (broad SMARTS) is 1. The zero-order valence-corrected chi connectivity index (χ0v) is 12.7. The third kappa shape index (κ3) is 4.05. The number of halogens is 2. The molecule has 8 heteroatoms. The van der Waals surface area contributed by atoms with Crippen LogP contribution < -0.4 is 10.6 Å². The molecule has 0 bridgehead atoms. The fourth-order valence-electron chi connectivity index (χ4n) is 2.07. The lowest BCUT2D eigenvalue weighted by Crippen LogP contribution is -2.00. The minimum atomic E-state index is -1.01. The Morgan fingerprint density at radius 2 is 1.60 bits per heavy atom. The lowest BCUT2D eigenvalue weighted by atomic mass is 10.2. The predicted octanol–water partition coefficient (Wildman–Crippen LogP) is 3.94. The van der Waals surface area contributed by atoms with E-state index >= 15 is 0 Å². The first kappa shape index (κ1) is 16.3. The highest BCUT2D eigenvalue weighted by Crippen LogP contribution is 2.22. The van der Waals surface area contributed by atoms with Crippen molar-refractivity contribution in [3.8, 4) is 0 Å². The highest BCUT2D eigenvalue weighted by molar-refractivity contribution is 5.88. The fourth-order valence-corrected chi connectivity index (χ4v) is 2.07. The second kappa shape index (κ2) is 6.91. The molecule has 6 nitrogen and oxygen atoms in total. The van der Waals surface area contributed by atoms with Crippen LogP contribution in [0.3, 0.4) is 0 Å². The highest BCUT2D eigenvalue weighted by atomic mass is 19.1. The molecular weight excluding hydrogens is 330 g/mol. The summed E-state index contributed by atoms with van der Waals surface area (Å²) in [5.74, 6) is -1.69. The molecule has 1 aromatic heterocycles. The third-order valence-electron chi connectivity index (χ3n) is 3.27. The first-order valence-electron chi connectivity index (χ1n) is 7.16. The summed E-state index contributed by atoms with van der Waals surface area (Å²) in [4.78, 5) is 18.8. The lowest BCUT2D eigenvalue weighted by Gasteiger charge is -2.09. The molecule has 3 aromatic rings. The maximum absolute atomic E-state index is 13.7. The SMILES string of the molecule is O=C(O)c1ccc(Nc2cc(Nc3ccc(F)cc3F)ncn2)cc1. The molecule has 126 valence electrons. The van der Waals surface area contributed by atoms with Crippen LogP contribution in [0.1, 0.15) is 10.4 Å². The standard InChI is InChI=1S/C17H12F2N4O2/c18-11-3-6-14(13(19)7-11)23-16-8-15(20-9-21-16)22-12-4-1-10(2-5-12)17(24)25/h1-9H,(H,24,25)(H2,20,21,22,23). The van der Waals surface area contributed by atoms with E-state index in [-0.39, 0.29) is 11.3 Å². The van der Waals surface area contributed by atoms with E-state index in [1.807, 2.05) is 0 Å². The molecule has 0 unspecified atom stereocenters. The number of nitrogens with zero attached hydrogens (tertiary/aromatic N) is 2. The second-order valence-electron chi connectivity index (χ2n) is 5.05. The van der Waals surface area contributed by atoms with Gasteiger partial charge in [0.2, 0.25) is 0 Å². The first-order chi connectivity index (χ1) is 12.0. The van der Waals surface area contributed by atoms with Gasteiger partial charge in [0.05, 0.1) is 11.3 Å². The van der Waals surface area contributed by atoms with Crippen LogP contribution >= 0.6 is 0 Å². The Morgan fingerprint density at radius 3 is 2.24 bits per heavy atom. The minimum Gasteiger partial charge on any atom is -0.478 e. The first-order valence-corrected chi connectivity index (χ1v) is 7.16. The molecule has 0 amide bonds. The minimum absolute atomic E-state index is 0.0804. The molecule has 0 saturated carbocycles. The Morgan fingerprint density at radius 1 is 0.920 bits per heavy atom. The molecule has 0 fully saturated rings. The molecule has 0 saturated heterocycles. The number of aromatic carboxylic acids is 1. The van der Waals surface area contributed by atoms with E-state index in [2.05, 4.69) is 20.6 Å². The van der Waals surface area contributed by atoms with Crippen molar-refractivity contribution < 1.29 is 18.7 Å². The maximum atomic E-state index is 13.7. The van der Waals surface area contributed by atoms with E-state index in [1.165, 1.54) is 30.6 Å². The van der Waals surface area contributed by atoms with Crippen molar-refractivity contribution >= 4 is 29.0 Å². The molecule has 0 aliphatic carbocycles. The Bertz CT molecular complexity index is 917. The van der Waals surface area contributed by atoms with Gasteiger partial charge in [-0.1, -0.05) is 0 Å². The van der Waals surface area contributed by atoms with Crippen molar-refractivity contribution in [3.05, 3.63) is 72.1 Å². The normalized spacial score (nSPS) is 10.3. The quantitative estimate of drug-likeness (QED) is 0.651. The summed E-state index contributed by atoms with van der Waals surface area (Å²) in [6.07, 6.45) is 1.28. The van der Waals surface area contributed by atoms with Crippen molar-refractivity contribution in [2.75, 3.05) is 10.6 Å². The van der Waals surface area contributed by atoms with Gasteiger partial charge in [0.15, 0.2) is 0 Å². The number of hydrogen-bond acceptors (Lipinski definition) is 5. The van der Waals surface area contributed by atoms with E-state index in [4.69, 9.17) is 5.11 Å². The van der Waals surface area contributed by atoms with Gasteiger partial charge >= 0.3 is 5.97 Å². The van der Waals surface area contributed by atoms with Crippen LogP contribution in [0.5, 0.6) is 0 Å². The molecule has 0 aliphatic rings. The second-order valence-corrected chi connectivity index (χ2v) is 5.05. The molecule has 0 spiro atoms. The van der Waals surface area contributed by atoms with Gasteiger partial charge in [-0.05, 0) is 36.4 Å². The average Bonchev–Trinajstić information content (AvgIpc) is 2.58. The Hall–Kier alpha value is -3.55. The van der Waals surface area contributed by atoms with E-state index in [1.54, 1.807) is 12.1 Å². The van der Waals surface area contributed by atoms with Crippen LogP contribution in [-0.2, 0) is 0 Å². The molecule has 0 aliphatic heterocycles.